The Balaban J connectivity index is 1.54. The number of methoxy groups -OCH3 is 1. The third-order valence-corrected chi connectivity index (χ3v) is 6.27. The molecule has 2 aromatic rings. The van der Waals surface area contributed by atoms with Gasteiger partial charge in [0, 0.05) is 32.1 Å². The van der Waals surface area contributed by atoms with Gasteiger partial charge in [-0.3, -0.25) is 9.59 Å². The summed E-state index contributed by atoms with van der Waals surface area (Å²) in [5, 5.41) is 8.47. The van der Waals surface area contributed by atoms with E-state index in [4.69, 9.17) is 9.47 Å². The van der Waals surface area contributed by atoms with Crippen molar-refractivity contribution in [1.29, 1.82) is 0 Å². The number of aliphatic imine (C=N–C) groups is 1. The molecule has 1 aliphatic heterocycles. The monoisotopic (exact) mass is 523 g/mol. The second-order valence-corrected chi connectivity index (χ2v) is 9.61. The summed E-state index contributed by atoms with van der Waals surface area (Å²) >= 11 is 0. The Morgan fingerprint density at radius 3 is 2.53 bits per heavy atom. The number of urea groups is 1. The zero-order valence-electron chi connectivity index (χ0n) is 22.8. The number of amides is 4. The van der Waals surface area contributed by atoms with Crippen molar-refractivity contribution in [3.8, 4) is 5.75 Å². The van der Waals surface area contributed by atoms with Crippen molar-refractivity contribution in [2.75, 3.05) is 31.3 Å². The quantitative estimate of drug-likeness (QED) is 0.438. The molecule has 204 valence electrons. The van der Waals surface area contributed by atoms with Crippen LogP contribution < -0.4 is 20.7 Å². The molecule has 0 saturated carbocycles. The van der Waals surface area contributed by atoms with Crippen molar-refractivity contribution in [2.24, 2.45) is 4.99 Å². The van der Waals surface area contributed by atoms with E-state index in [1.54, 1.807) is 30.1 Å². The van der Waals surface area contributed by atoms with Crippen LogP contribution in [0, 0.1) is 6.92 Å². The highest BCUT2D eigenvalue weighted by molar-refractivity contribution is 6.01. The number of aryl methyl sites for hydroxylation is 1. The summed E-state index contributed by atoms with van der Waals surface area (Å²) in [5.41, 5.74) is 2.90. The highest BCUT2D eigenvalue weighted by Crippen LogP contribution is 2.27. The van der Waals surface area contributed by atoms with Crippen LogP contribution >= 0.6 is 0 Å². The molecule has 0 bridgehead atoms. The highest BCUT2D eigenvalue weighted by atomic mass is 16.5. The molecule has 0 radical (unpaired) electrons. The number of anilines is 2. The Hall–Kier alpha value is -4.08. The van der Waals surface area contributed by atoms with Gasteiger partial charge in [-0.25, -0.2) is 9.79 Å². The van der Waals surface area contributed by atoms with Gasteiger partial charge in [0.05, 0.1) is 31.8 Å². The Morgan fingerprint density at radius 1 is 1.13 bits per heavy atom. The van der Waals surface area contributed by atoms with Gasteiger partial charge in [0.2, 0.25) is 17.7 Å². The maximum absolute atomic E-state index is 12.9. The molecule has 10 heteroatoms. The smallest absolute Gasteiger partial charge is 0.323 e. The maximum Gasteiger partial charge on any atom is 0.323 e. The molecule has 0 saturated heterocycles. The number of benzene rings is 2. The van der Waals surface area contributed by atoms with Crippen molar-refractivity contribution in [1.82, 2.24) is 10.2 Å². The number of rotatable bonds is 10. The van der Waals surface area contributed by atoms with Gasteiger partial charge in [-0.15, -0.1) is 0 Å². The van der Waals surface area contributed by atoms with Gasteiger partial charge < -0.3 is 30.3 Å². The molecular formula is C28H37N5O5. The Morgan fingerprint density at radius 2 is 1.84 bits per heavy atom. The molecule has 4 amide bonds. The molecule has 0 spiro atoms. The summed E-state index contributed by atoms with van der Waals surface area (Å²) < 4.78 is 11.4. The Labute approximate surface area is 223 Å². The molecule has 3 N–H and O–H groups in total. The average Bonchev–Trinajstić information content (AvgIpc) is 3.18. The number of hydrogen-bond donors (Lipinski definition) is 3. The van der Waals surface area contributed by atoms with Crippen molar-refractivity contribution in [3.63, 3.8) is 0 Å². The number of likely N-dealkylation sites (N-methyl/N-ethyl adjacent to an activating group) is 1. The van der Waals surface area contributed by atoms with E-state index in [0.717, 1.165) is 11.1 Å². The molecular weight excluding hydrogens is 486 g/mol. The summed E-state index contributed by atoms with van der Waals surface area (Å²) in [6.07, 6.45) is 0.630. The lowest BCUT2D eigenvalue weighted by Gasteiger charge is -2.21. The minimum Gasteiger partial charge on any atom is -0.495 e. The molecule has 3 rings (SSSR count). The fraction of sp³-hybridized carbons (Fsp3) is 0.429. The first-order chi connectivity index (χ1) is 18.0. The molecule has 3 unspecified atom stereocenters. The van der Waals surface area contributed by atoms with Crippen LogP contribution in [-0.4, -0.2) is 67.5 Å². The first-order valence-electron chi connectivity index (χ1n) is 12.6. The van der Waals surface area contributed by atoms with Gasteiger partial charge in [-0.05, 0) is 50.1 Å². The summed E-state index contributed by atoms with van der Waals surface area (Å²) in [5.74, 6) is 0.760. The minimum atomic E-state index is -0.391. The fourth-order valence-electron chi connectivity index (χ4n) is 4.23. The number of hydrogen-bond acceptors (Lipinski definition) is 6. The predicted molar refractivity (Wildman–Crippen MR) is 148 cm³/mol. The molecule has 3 atom stereocenters. The van der Waals surface area contributed by atoms with E-state index in [9.17, 15) is 14.4 Å². The van der Waals surface area contributed by atoms with E-state index < -0.39 is 6.03 Å². The molecule has 1 heterocycles. The predicted octanol–water partition coefficient (Wildman–Crippen LogP) is 3.75. The number of nitrogens with one attached hydrogen (secondary N) is 3. The maximum atomic E-state index is 12.9. The largest absolute Gasteiger partial charge is 0.495 e. The Bertz CT molecular complexity index is 1200. The van der Waals surface area contributed by atoms with E-state index in [1.807, 2.05) is 45.0 Å². The van der Waals surface area contributed by atoms with Gasteiger partial charge in [-0.2, -0.15) is 0 Å². The van der Waals surface area contributed by atoms with Crippen LogP contribution in [-0.2, 0) is 20.7 Å². The third kappa shape index (κ3) is 7.96. The van der Waals surface area contributed by atoms with Crippen molar-refractivity contribution >= 4 is 35.1 Å². The van der Waals surface area contributed by atoms with E-state index in [0.29, 0.717) is 29.4 Å². The summed E-state index contributed by atoms with van der Waals surface area (Å²) in [7, 11) is 3.21. The second kappa shape index (κ2) is 12.9. The number of ether oxygens (including phenoxy) is 2. The topological polar surface area (TPSA) is 121 Å². The van der Waals surface area contributed by atoms with Crippen LogP contribution in [0.5, 0.6) is 5.75 Å². The lowest BCUT2D eigenvalue weighted by molar-refractivity contribution is -0.128. The molecule has 1 aliphatic rings. The number of carbonyl (C=O) groups excluding carboxylic acids is 3. The molecule has 0 aromatic heterocycles. The normalized spacial score (nSPS) is 17.1. The first kappa shape index (κ1) is 28.5. The van der Waals surface area contributed by atoms with Crippen LogP contribution in [0.15, 0.2) is 47.5 Å². The van der Waals surface area contributed by atoms with Gasteiger partial charge in [0.1, 0.15) is 11.9 Å². The fourth-order valence-corrected chi connectivity index (χ4v) is 4.23. The number of nitrogens with zero attached hydrogens (tertiary/aromatic N) is 2. The van der Waals surface area contributed by atoms with Crippen molar-refractivity contribution in [3.05, 3.63) is 53.6 Å². The number of carbonyl (C=O) groups is 3. The summed E-state index contributed by atoms with van der Waals surface area (Å²) in [4.78, 5) is 42.8. The van der Waals surface area contributed by atoms with Crippen molar-refractivity contribution < 1.29 is 23.9 Å². The highest BCUT2D eigenvalue weighted by Gasteiger charge is 2.30. The zero-order chi connectivity index (χ0) is 27.8. The van der Waals surface area contributed by atoms with Crippen LogP contribution in [0.4, 0.5) is 16.2 Å². The molecule has 38 heavy (non-hydrogen) atoms. The van der Waals surface area contributed by atoms with E-state index in [2.05, 4.69) is 20.9 Å². The summed E-state index contributed by atoms with van der Waals surface area (Å²) in [6, 6.07) is 12.2. The molecule has 10 nitrogen and oxygen atoms in total. The van der Waals surface area contributed by atoms with Gasteiger partial charge in [0.15, 0.2) is 0 Å². The van der Waals surface area contributed by atoms with Gasteiger partial charge >= 0.3 is 6.03 Å². The van der Waals surface area contributed by atoms with Crippen molar-refractivity contribution in [2.45, 2.75) is 58.7 Å². The average molecular weight is 524 g/mol. The molecule has 0 fully saturated rings. The van der Waals surface area contributed by atoms with Crippen LogP contribution in [0.25, 0.3) is 0 Å². The van der Waals surface area contributed by atoms with Crippen LogP contribution in [0.3, 0.4) is 0 Å². The third-order valence-electron chi connectivity index (χ3n) is 6.27. The lowest BCUT2D eigenvalue weighted by atomic mass is 10.1. The lowest BCUT2D eigenvalue weighted by Crippen LogP contribution is -2.37. The van der Waals surface area contributed by atoms with Gasteiger partial charge in [0.25, 0.3) is 0 Å². The number of para-hydroxylation sites is 1. The van der Waals surface area contributed by atoms with E-state index in [1.165, 1.54) is 14.0 Å². The van der Waals surface area contributed by atoms with Crippen LogP contribution in [0.2, 0.25) is 0 Å². The van der Waals surface area contributed by atoms with Crippen LogP contribution in [0.1, 0.15) is 38.3 Å². The molecule has 2 aromatic carbocycles. The van der Waals surface area contributed by atoms with Gasteiger partial charge in [-0.1, -0.05) is 24.3 Å². The SMILES string of the molecule is COc1cc(CC(=O)N(C)CC2=NC(C)C(CC(C)NC(C)=O)O2)ccc1NC(=O)Nc1ccccc1C. The second-order valence-electron chi connectivity index (χ2n) is 9.61. The Kier molecular flexibility index (Phi) is 9.70. The summed E-state index contributed by atoms with van der Waals surface area (Å²) in [6.45, 7) is 7.54. The zero-order valence-corrected chi connectivity index (χ0v) is 22.8. The molecule has 0 aliphatic carbocycles. The van der Waals surface area contributed by atoms with E-state index >= 15 is 0 Å². The van der Waals surface area contributed by atoms with E-state index in [-0.39, 0.29) is 43.0 Å². The minimum absolute atomic E-state index is 0.0326. The standard InChI is InChI=1S/C28H37N5O5/c1-17-9-7-8-10-22(17)31-28(36)32-23-12-11-21(14-25(23)37-6)15-27(35)33(5)16-26-30-19(3)24(38-26)13-18(2)29-20(4)34/h7-12,14,18-19,24H,13,15-16H2,1-6H3,(H,29,34)(H2,31,32,36). The first-order valence-corrected chi connectivity index (χ1v) is 12.6.